The van der Waals surface area contributed by atoms with Gasteiger partial charge in [-0.05, 0) is 77.1 Å². The predicted molar refractivity (Wildman–Crippen MR) is 249 cm³/mol. The lowest BCUT2D eigenvalue weighted by molar-refractivity contribution is -0.384. The minimum Gasteiger partial charge on any atom is -0.392 e. The summed E-state index contributed by atoms with van der Waals surface area (Å²) < 4.78 is 42.8. The molecule has 2 saturated heterocycles. The lowest BCUT2D eigenvalue weighted by Crippen LogP contribution is -2.49. The largest absolute Gasteiger partial charge is 0.392 e. The van der Waals surface area contributed by atoms with Crippen molar-refractivity contribution in [3.8, 4) is 11.1 Å². The second-order valence-corrected chi connectivity index (χ2v) is 18.3. The first-order valence-corrected chi connectivity index (χ1v) is 23.3. The van der Waals surface area contributed by atoms with Crippen LogP contribution in [-0.4, -0.2) is 74.1 Å². The normalized spacial score (nSPS) is 18.5. The third-order valence-corrected chi connectivity index (χ3v) is 13.5. The summed E-state index contributed by atoms with van der Waals surface area (Å²) in [4.78, 5) is 29.2. The SMILES string of the molecule is Cc1ccc(S(=O)(=O)N[C@H](Cc2ccccc2)C(=O)NCc2cccc(-c3ccc([C@H]4O[C@@H](CN5CCN(c6ccc([N+](=O)[O-])cc6)CC5)C[C@@H](c5ccc(CO)cc5)O4)cc3)c2)cc1. The molecule has 65 heavy (non-hydrogen) atoms. The Bertz CT molecular complexity index is 2640. The standard InChI is InChI=1S/C51H53N5O8S/c1-36-10-24-47(25-11-36)65(61,62)53-48(31-37-6-3-2-4-7-37)50(58)52-33-39-8-5-9-43(30-39)40-16-18-42(19-17-40)51-63-46(32-49(64-51)41-14-12-38(35-57)13-15-41)34-54-26-28-55(29-27-54)44-20-22-45(23-21-44)56(59)60/h2-25,30,46,48-49,51,53,57H,26-29,31-35H2,1H3,(H,52,58)/t46-,48-,49+,51+/m1/s1. The molecule has 0 radical (unpaired) electrons. The van der Waals surface area contributed by atoms with Gasteiger partial charge in [0.05, 0.1) is 28.6 Å². The van der Waals surface area contributed by atoms with Gasteiger partial charge in [0.25, 0.3) is 5.69 Å². The van der Waals surface area contributed by atoms with Crippen LogP contribution in [0.2, 0.25) is 0 Å². The average molecular weight is 896 g/mol. The number of aryl methyl sites for hydroxylation is 1. The molecule has 2 aliphatic heterocycles. The summed E-state index contributed by atoms with van der Waals surface area (Å²) in [5.41, 5.74) is 8.28. The van der Waals surface area contributed by atoms with Crippen LogP contribution in [0.3, 0.4) is 0 Å². The minimum absolute atomic E-state index is 0.0377. The molecule has 0 saturated carbocycles. The lowest BCUT2D eigenvalue weighted by atomic mass is 9.98. The number of aliphatic hydroxyl groups is 1. The Kier molecular flexibility index (Phi) is 14.4. The number of ether oxygens (including phenoxy) is 2. The zero-order valence-corrected chi connectivity index (χ0v) is 37.0. The van der Waals surface area contributed by atoms with Crippen LogP contribution in [0.1, 0.15) is 52.2 Å². The number of hydrogen-bond acceptors (Lipinski definition) is 10. The molecule has 1 amide bonds. The molecule has 336 valence electrons. The Morgan fingerprint density at radius 3 is 2.12 bits per heavy atom. The summed E-state index contributed by atoms with van der Waals surface area (Å²) in [6, 6.07) is 45.3. The van der Waals surface area contributed by atoms with E-state index in [9.17, 15) is 28.4 Å². The average Bonchev–Trinajstić information content (AvgIpc) is 3.34. The molecule has 2 aliphatic rings. The first kappa shape index (κ1) is 45.3. The second kappa shape index (κ2) is 20.7. The number of amides is 1. The highest BCUT2D eigenvalue weighted by atomic mass is 32.2. The van der Waals surface area contributed by atoms with E-state index in [0.29, 0.717) is 13.0 Å². The van der Waals surface area contributed by atoms with Crippen LogP contribution in [-0.2, 0) is 43.9 Å². The summed E-state index contributed by atoms with van der Waals surface area (Å²) in [7, 11) is -3.98. The highest BCUT2D eigenvalue weighted by molar-refractivity contribution is 7.89. The summed E-state index contributed by atoms with van der Waals surface area (Å²) in [6.45, 7) is 5.96. The Labute approximate surface area is 379 Å². The van der Waals surface area contributed by atoms with E-state index >= 15 is 0 Å². The van der Waals surface area contributed by atoms with Gasteiger partial charge < -0.3 is 24.8 Å². The van der Waals surface area contributed by atoms with Gasteiger partial charge in [0.15, 0.2) is 6.29 Å². The molecule has 6 aromatic carbocycles. The molecular formula is C51H53N5O8S. The van der Waals surface area contributed by atoms with E-state index in [-0.39, 0.29) is 47.3 Å². The van der Waals surface area contributed by atoms with Gasteiger partial charge in [-0.15, -0.1) is 0 Å². The fourth-order valence-electron chi connectivity index (χ4n) is 8.31. The molecule has 0 aromatic heterocycles. The van der Waals surface area contributed by atoms with Crippen molar-refractivity contribution < 1.29 is 32.7 Å². The molecule has 0 spiro atoms. The highest BCUT2D eigenvalue weighted by Crippen LogP contribution is 2.39. The fourth-order valence-corrected chi connectivity index (χ4v) is 9.51. The monoisotopic (exact) mass is 895 g/mol. The van der Waals surface area contributed by atoms with Gasteiger partial charge in [-0.1, -0.05) is 115 Å². The van der Waals surface area contributed by atoms with Gasteiger partial charge in [0.1, 0.15) is 6.04 Å². The number of aliphatic hydroxyl groups excluding tert-OH is 1. The number of nitrogens with one attached hydrogen (secondary N) is 2. The van der Waals surface area contributed by atoms with Crippen molar-refractivity contribution in [1.29, 1.82) is 0 Å². The first-order chi connectivity index (χ1) is 31.5. The molecule has 2 heterocycles. The molecule has 0 unspecified atom stereocenters. The number of piperazine rings is 1. The number of carbonyl (C=O) groups excluding carboxylic acids is 1. The van der Waals surface area contributed by atoms with Crippen LogP contribution >= 0.6 is 0 Å². The Morgan fingerprint density at radius 1 is 0.769 bits per heavy atom. The van der Waals surface area contributed by atoms with E-state index in [1.165, 1.54) is 12.1 Å². The van der Waals surface area contributed by atoms with Crippen molar-refractivity contribution in [1.82, 2.24) is 14.9 Å². The Balaban J connectivity index is 0.926. The van der Waals surface area contributed by atoms with E-state index in [1.54, 1.807) is 24.3 Å². The summed E-state index contributed by atoms with van der Waals surface area (Å²) in [6.07, 6.45) is -0.145. The van der Waals surface area contributed by atoms with Gasteiger partial charge in [-0.2, -0.15) is 4.72 Å². The fraction of sp³-hybridized carbons (Fsp3) is 0.275. The zero-order chi connectivity index (χ0) is 45.3. The molecule has 0 aliphatic carbocycles. The van der Waals surface area contributed by atoms with E-state index in [0.717, 1.165) is 76.4 Å². The van der Waals surface area contributed by atoms with Gasteiger partial charge in [-0.3, -0.25) is 19.8 Å². The van der Waals surface area contributed by atoms with E-state index < -0.39 is 28.3 Å². The number of non-ortho nitro benzene ring substituents is 1. The van der Waals surface area contributed by atoms with Crippen LogP contribution in [0.5, 0.6) is 0 Å². The number of carbonyl (C=O) groups is 1. The molecule has 2 fully saturated rings. The molecule has 14 heteroatoms. The van der Waals surface area contributed by atoms with Crippen LogP contribution in [0.15, 0.2) is 157 Å². The van der Waals surface area contributed by atoms with Gasteiger partial charge >= 0.3 is 0 Å². The zero-order valence-electron chi connectivity index (χ0n) is 36.2. The number of rotatable bonds is 16. The predicted octanol–water partition coefficient (Wildman–Crippen LogP) is 7.64. The smallest absolute Gasteiger partial charge is 0.269 e. The van der Waals surface area contributed by atoms with Crippen LogP contribution in [0.4, 0.5) is 11.4 Å². The van der Waals surface area contributed by atoms with Crippen LogP contribution in [0, 0.1) is 17.0 Å². The number of nitrogens with zero attached hydrogens (tertiary/aromatic N) is 3. The maximum absolute atomic E-state index is 13.7. The van der Waals surface area contributed by atoms with Crippen molar-refractivity contribution >= 4 is 27.3 Å². The molecule has 6 aromatic rings. The van der Waals surface area contributed by atoms with Gasteiger partial charge in [0, 0.05) is 69.1 Å². The summed E-state index contributed by atoms with van der Waals surface area (Å²) >= 11 is 0. The van der Waals surface area contributed by atoms with Crippen LogP contribution in [0.25, 0.3) is 11.1 Å². The maximum atomic E-state index is 13.7. The number of nitro benzene ring substituents is 1. The maximum Gasteiger partial charge on any atom is 0.269 e. The molecular weight excluding hydrogens is 843 g/mol. The first-order valence-electron chi connectivity index (χ1n) is 21.8. The Morgan fingerprint density at radius 2 is 1.45 bits per heavy atom. The minimum atomic E-state index is -3.98. The van der Waals surface area contributed by atoms with Crippen molar-refractivity contribution in [2.24, 2.45) is 0 Å². The number of nitro groups is 1. The van der Waals surface area contributed by atoms with E-state index in [2.05, 4.69) is 19.8 Å². The second-order valence-electron chi connectivity index (χ2n) is 16.6. The quantitative estimate of drug-likeness (QED) is 0.0650. The molecule has 8 rings (SSSR count). The third kappa shape index (κ3) is 11.7. The van der Waals surface area contributed by atoms with Crippen molar-refractivity contribution in [3.63, 3.8) is 0 Å². The Hall–Kier alpha value is -6.26. The van der Waals surface area contributed by atoms with Gasteiger partial charge in [-0.25, -0.2) is 8.42 Å². The van der Waals surface area contributed by atoms with Crippen molar-refractivity contribution in [2.45, 2.75) is 62.4 Å². The lowest BCUT2D eigenvalue weighted by Gasteiger charge is -2.41. The third-order valence-electron chi connectivity index (χ3n) is 12.0. The number of sulfonamides is 1. The number of anilines is 1. The summed E-state index contributed by atoms with van der Waals surface area (Å²) in [5.74, 6) is -0.433. The van der Waals surface area contributed by atoms with Gasteiger partial charge in [0.2, 0.25) is 15.9 Å². The van der Waals surface area contributed by atoms with E-state index in [4.69, 9.17) is 9.47 Å². The number of benzene rings is 6. The molecule has 4 atom stereocenters. The van der Waals surface area contributed by atoms with Crippen molar-refractivity contribution in [2.75, 3.05) is 37.6 Å². The van der Waals surface area contributed by atoms with E-state index in [1.807, 2.05) is 122 Å². The topological polar surface area (TPSA) is 164 Å². The molecule has 13 nitrogen and oxygen atoms in total. The van der Waals surface area contributed by atoms with Crippen LogP contribution < -0.4 is 14.9 Å². The molecule has 3 N–H and O–H groups in total. The summed E-state index contributed by atoms with van der Waals surface area (Å²) in [5, 5.41) is 23.8. The number of hydrogen-bond donors (Lipinski definition) is 3. The molecule has 0 bridgehead atoms. The highest BCUT2D eigenvalue weighted by Gasteiger charge is 2.34. The van der Waals surface area contributed by atoms with Crippen molar-refractivity contribution in [3.05, 3.63) is 195 Å².